The molecule has 0 atom stereocenters. The molecule has 5 nitrogen and oxygen atoms in total. The molecule has 3 N–H and O–H groups in total. The van der Waals surface area contributed by atoms with Crippen molar-refractivity contribution in [2.75, 3.05) is 19.8 Å². The molecule has 0 unspecified atom stereocenters. The summed E-state index contributed by atoms with van der Waals surface area (Å²) in [7, 11) is 0. The monoisotopic (exact) mass is 203 g/mol. The quantitative estimate of drug-likeness (QED) is 0.417. The Morgan fingerprint density at radius 2 is 1.79 bits per heavy atom. The van der Waals surface area contributed by atoms with Crippen molar-refractivity contribution in [2.45, 2.75) is 12.8 Å². The number of carbonyl (C=O) groups excluding carboxylic acids is 1. The van der Waals surface area contributed by atoms with Crippen molar-refractivity contribution < 1.29 is 25.2 Å². The van der Waals surface area contributed by atoms with Crippen LogP contribution in [0.1, 0.15) is 12.8 Å². The Kier molecular flexibility index (Phi) is 5.37. The lowest BCUT2D eigenvalue weighted by Gasteiger charge is -2.32. The van der Waals surface area contributed by atoms with Gasteiger partial charge in [-0.3, -0.25) is 0 Å². The molecule has 0 bridgehead atoms. The lowest BCUT2D eigenvalue weighted by atomic mass is 9.78. The third-order valence-corrected chi connectivity index (χ3v) is 2.31. The van der Waals surface area contributed by atoms with Gasteiger partial charge in [-0.15, -0.1) is 0 Å². The van der Waals surface area contributed by atoms with Gasteiger partial charge in [-0.05, 0) is 18.4 Å². The van der Waals surface area contributed by atoms with E-state index < -0.39 is 24.6 Å². The maximum absolute atomic E-state index is 10.5. The van der Waals surface area contributed by atoms with Gasteiger partial charge in [-0.2, -0.15) is 0 Å². The van der Waals surface area contributed by atoms with Gasteiger partial charge in [0.25, 0.3) is 0 Å². The Morgan fingerprint density at radius 1 is 1.29 bits per heavy atom. The molecule has 82 valence electrons. The molecule has 0 aliphatic heterocycles. The molecule has 0 fully saturated rings. The number of hydrogen-bond acceptors (Lipinski definition) is 5. The highest BCUT2D eigenvalue weighted by Crippen LogP contribution is 2.30. The number of hydrogen-bond donors (Lipinski definition) is 3. The van der Waals surface area contributed by atoms with Crippen molar-refractivity contribution in [1.82, 2.24) is 0 Å². The molecule has 0 aliphatic carbocycles. The summed E-state index contributed by atoms with van der Waals surface area (Å²) in [6.07, 6.45) is 0.441. The molecule has 5 heteroatoms. The van der Waals surface area contributed by atoms with Gasteiger partial charge >= 0.3 is 0 Å². The Balaban J connectivity index is 4.68. The van der Waals surface area contributed by atoms with Crippen molar-refractivity contribution >= 4 is 5.97 Å². The second kappa shape index (κ2) is 5.74. The van der Waals surface area contributed by atoms with E-state index in [1.807, 2.05) is 0 Å². The van der Waals surface area contributed by atoms with E-state index in [1.54, 1.807) is 0 Å². The van der Waals surface area contributed by atoms with E-state index in [4.69, 9.17) is 15.3 Å². The first kappa shape index (κ1) is 13.1. The van der Waals surface area contributed by atoms with Gasteiger partial charge in [0, 0.05) is 12.0 Å². The first-order chi connectivity index (χ1) is 6.54. The minimum atomic E-state index is -1.49. The molecule has 0 aliphatic rings. The van der Waals surface area contributed by atoms with Gasteiger partial charge in [-0.25, -0.2) is 0 Å². The summed E-state index contributed by atoms with van der Waals surface area (Å²) in [5, 5.41) is 37.2. The number of aliphatic carboxylic acids is 1. The summed E-state index contributed by atoms with van der Waals surface area (Å²) in [5.74, 6) is -1.49. The number of aliphatic hydroxyl groups excluding tert-OH is 3. The van der Waals surface area contributed by atoms with Crippen LogP contribution in [0.5, 0.6) is 0 Å². The second-order valence-corrected chi connectivity index (χ2v) is 3.19. The third kappa shape index (κ3) is 2.80. The number of carboxylic acids is 1. The lowest BCUT2D eigenvalue weighted by Crippen LogP contribution is -2.40. The summed E-state index contributed by atoms with van der Waals surface area (Å²) in [5.41, 5.74) is -1.63. The number of carboxylic acid groups (broad SMARTS) is 1. The summed E-state index contributed by atoms with van der Waals surface area (Å²) in [6.45, 7) is 2.06. The van der Waals surface area contributed by atoms with Gasteiger partial charge in [0.1, 0.15) is 0 Å². The van der Waals surface area contributed by atoms with Crippen LogP contribution >= 0.6 is 0 Å². The number of rotatable bonds is 7. The van der Waals surface area contributed by atoms with Crippen molar-refractivity contribution in [1.29, 1.82) is 0 Å². The van der Waals surface area contributed by atoms with E-state index in [9.17, 15) is 9.90 Å². The molecule has 0 spiro atoms. The molecule has 0 rings (SSSR count). The van der Waals surface area contributed by atoms with Crippen molar-refractivity contribution in [3.05, 3.63) is 12.2 Å². The van der Waals surface area contributed by atoms with E-state index in [-0.39, 0.29) is 25.0 Å². The molecule has 0 aromatic rings. The van der Waals surface area contributed by atoms with Crippen LogP contribution in [0.2, 0.25) is 0 Å². The molecule has 0 aromatic carbocycles. The zero-order valence-electron chi connectivity index (χ0n) is 7.90. The smallest absolute Gasteiger partial charge is 0.0676 e. The molecule has 0 aromatic heterocycles. The summed E-state index contributed by atoms with van der Waals surface area (Å²) in [4.78, 5) is 10.5. The van der Waals surface area contributed by atoms with Crippen molar-refractivity contribution in [3.63, 3.8) is 0 Å². The van der Waals surface area contributed by atoms with Gasteiger partial charge in [0.05, 0.1) is 19.2 Å². The summed E-state index contributed by atoms with van der Waals surface area (Å²) >= 11 is 0. The lowest BCUT2D eigenvalue weighted by molar-refractivity contribution is -0.301. The van der Waals surface area contributed by atoms with Crippen LogP contribution in [-0.2, 0) is 4.79 Å². The van der Waals surface area contributed by atoms with Crippen LogP contribution in [0.3, 0.4) is 0 Å². The third-order valence-electron chi connectivity index (χ3n) is 2.31. The van der Waals surface area contributed by atoms with Gasteiger partial charge in [-0.1, -0.05) is 6.58 Å². The second-order valence-electron chi connectivity index (χ2n) is 3.19. The van der Waals surface area contributed by atoms with E-state index in [1.165, 1.54) is 0 Å². The normalized spacial score (nSPS) is 11.4. The topological polar surface area (TPSA) is 101 Å². The molecule has 0 heterocycles. The number of carbonyl (C=O) groups is 1. The van der Waals surface area contributed by atoms with Crippen molar-refractivity contribution in [3.8, 4) is 0 Å². The fraction of sp³-hybridized carbons (Fsp3) is 0.667. The Labute approximate surface area is 82.3 Å². The minimum absolute atomic E-state index is 0.137. The Morgan fingerprint density at radius 3 is 2.07 bits per heavy atom. The molecular weight excluding hydrogens is 188 g/mol. The van der Waals surface area contributed by atoms with Crippen LogP contribution in [0, 0.1) is 5.41 Å². The zero-order valence-corrected chi connectivity index (χ0v) is 7.90. The SMILES string of the molecule is C=C(C(=O)[O-])C(CO)(CO)CCCO. The molecule has 0 amide bonds. The predicted octanol–water partition coefficient (Wildman–Crippen LogP) is -1.96. The molecular formula is C9H15O5-. The summed E-state index contributed by atoms with van der Waals surface area (Å²) < 4.78 is 0. The maximum atomic E-state index is 10.5. The number of aliphatic hydroxyl groups is 3. The average Bonchev–Trinajstić information content (AvgIpc) is 2.19. The first-order valence-corrected chi connectivity index (χ1v) is 4.27. The highest BCUT2D eigenvalue weighted by molar-refractivity contribution is 5.85. The highest BCUT2D eigenvalue weighted by atomic mass is 16.4. The average molecular weight is 203 g/mol. The first-order valence-electron chi connectivity index (χ1n) is 4.27. The zero-order chi connectivity index (χ0) is 11.2. The molecule has 0 radical (unpaired) electrons. The predicted molar refractivity (Wildman–Crippen MR) is 47.1 cm³/mol. The van der Waals surface area contributed by atoms with E-state index in [2.05, 4.69) is 6.58 Å². The highest BCUT2D eigenvalue weighted by Gasteiger charge is 2.32. The van der Waals surface area contributed by atoms with Crippen LogP contribution < -0.4 is 5.11 Å². The van der Waals surface area contributed by atoms with Crippen LogP contribution in [0.25, 0.3) is 0 Å². The van der Waals surface area contributed by atoms with E-state index >= 15 is 0 Å². The standard InChI is InChI=1S/C9H16O5/c1-7(8(13)14)9(5-11,6-12)3-2-4-10/h10-12H,1-6H2,(H,13,14)/p-1. The maximum Gasteiger partial charge on any atom is 0.0676 e. The fourth-order valence-corrected chi connectivity index (χ4v) is 1.18. The van der Waals surface area contributed by atoms with Crippen LogP contribution in [0.15, 0.2) is 12.2 Å². The Hall–Kier alpha value is -0.910. The Bertz CT molecular complexity index is 207. The largest absolute Gasteiger partial charge is 0.545 e. The molecule has 0 saturated carbocycles. The fourth-order valence-electron chi connectivity index (χ4n) is 1.18. The van der Waals surface area contributed by atoms with E-state index in [0.717, 1.165) is 0 Å². The van der Waals surface area contributed by atoms with Crippen LogP contribution in [0.4, 0.5) is 0 Å². The minimum Gasteiger partial charge on any atom is -0.545 e. The van der Waals surface area contributed by atoms with Crippen molar-refractivity contribution in [2.24, 2.45) is 5.41 Å². The molecule has 14 heavy (non-hydrogen) atoms. The van der Waals surface area contributed by atoms with Crippen LogP contribution in [-0.4, -0.2) is 41.1 Å². The van der Waals surface area contributed by atoms with Gasteiger partial charge in [0.2, 0.25) is 0 Å². The van der Waals surface area contributed by atoms with Gasteiger partial charge < -0.3 is 25.2 Å². The van der Waals surface area contributed by atoms with E-state index in [0.29, 0.717) is 0 Å². The molecule has 0 saturated heterocycles. The summed E-state index contributed by atoms with van der Waals surface area (Å²) in [6, 6.07) is 0. The van der Waals surface area contributed by atoms with Gasteiger partial charge in [0.15, 0.2) is 0 Å².